The van der Waals surface area contributed by atoms with Crippen molar-refractivity contribution in [2.24, 2.45) is 0 Å². The van der Waals surface area contributed by atoms with Gasteiger partial charge < -0.3 is 9.64 Å². The summed E-state index contributed by atoms with van der Waals surface area (Å²) in [5.74, 6) is 0.278. The summed E-state index contributed by atoms with van der Waals surface area (Å²) >= 11 is 3.34. The number of hydrogen-bond acceptors (Lipinski definition) is 4. The number of halogens is 1. The average Bonchev–Trinajstić information content (AvgIpc) is 2.96. The highest BCUT2D eigenvalue weighted by atomic mass is 79.9. The Hall–Kier alpha value is -2.12. The fraction of sp³-hybridized carbons (Fsp3) is 0.167. The molecule has 5 nitrogen and oxygen atoms in total. The zero-order valence-corrected chi connectivity index (χ0v) is 15.8. The van der Waals surface area contributed by atoms with Crippen LogP contribution in [0.3, 0.4) is 0 Å². The monoisotopic (exact) mass is 421 g/mol. The van der Waals surface area contributed by atoms with Gasteiger partial charge in [0.05, 0.1) is 18.9 Å². The van der Waals surface area contributed by atoms with E-state index in [2.05, 4.69) is 15.9 Å². The van der Waals surface area contributed by atoms with Gasteiger partial charge in [0.25, 0.3) is 5.91 Å². The van der Waals surface area contributed by atoms with Crippen LogP contribution in [0.1, 0.15) is 10.4 Å². The highest BCUT2D eigenvalue weighted by Crippen LogP contribution is 2.27. The van der Waals surface area contributed by atoms with Crippen LogP contribution in [-0.4, -0.2) is 33.2 Å². The van der Waals surface area contributed by atoms with Gasteiger partial charge in [-0.05, 0) is 54.6 Å². The molecule has 0 fully saturated rings. The lowest BCUT2D eigenvalue weighted by molar-refractivity contribution is 0.0983. The van der Waals surface area contributed by atoms with Gasteiger partial charge in [0.2, 0.25) is 0 Å². The Bertz CT molecular complexity index is 905. The van der Waals surface area contributed by atoms with Crippen LogP contribution < -0.4 is 9.64 Å². The fourth-order valence-electron chi connectivity index (χ4n) is 2.65. The minimum atomic E-state index is -3.29. The van der Waals surface area contributed by atoms with E-state index >= 15 is 0 Å². The molecule has 2 aromatic carbocycles. The molecule has 0 saturated carbocycles. The lowest BCUT2D eigenvalue weighted by Crippen LogP contribution is -2.41. The van der Waals surface area contributed by atoms with Crippen molar-refractivity contribution in [3.8, 4) is 5.75 Å². The van der Waals surface area contributed by atoms with Crippen molar-refractivity contribution in [3.05, 3.63) is 70.1 Å². The lowest BCUT2D eigenvalue weighted by Gasteiger charge is -2.28. The summed E-state index contributed by atoms with van der Waals surface area (Å²) in [5.41, 5.74) is 1.09. The summed E-state index contributed by atoms with van der Waals surface area (Å²) in [6, 6.07) is 13.4. The van der Waals surface area contributed by atoms with E-state index in [4.69, 9.17) is 4.74 Å². The Morgan fingerprint density at radius 1 is 1.12 bits per heavy atom. The third-order valence-electron chi connectivity index (χ3n) is 3.90. The number of nitrogens with zero attached hydrogens (tertiary/aromatic N) is 1. The molecule has 0 aliphatic carbocycles. The number of carbonyl (C=O) groups excluding carboxylic acids is 1. The number of methoxy groups -OCH3 is 1. The summed E-state index contributed by atoms with van der Waals surface area (Å²) in [5, 5.41) is 1.17. The van der Waals surface area contributed by atoms with Gasteiger partial charge in [-0.1, -0.05) is 15.9 Å². The number of hydrogen-bond donors (Lipinski definition) is 0. The molecule has 0 bridgehead atoms. The maximum atomic E-state index is 13.1. The molecule has 0 aromatic heterocycles. The lowest BCUT2D eigenvalue weighted by atomic mass is 10.1. The van der Waals surface area contributed by atoms with Crippen LogP contribution in [0.25, 0.3) is 0 Å². The van der Waals surface area contributed by atoms with Gasteiger partial charge in [-0.25, -0.2) is 8.42 Å². The minimum absolute atomic E-state index is 0.124. The van der Waals surface area contributed by atoms with Crippen molar-refractivity contribution in [2.75, 3.05) is 17.8 Å². The molecule has 2 aromatic rings. The van der Waals surface area contributed by atoms with Crippen LogP contribution in [0.5, 0.6) is 5.75 Å². The zero-order valence-electron chi connectivity index (χ0n) is 13.4. The third kappa shape index (κ3) is 3.93. The largest absolute Gasteiger partial charge is 0.497 e. The maximum Gasteiger partial charge on any atom is 0.258 e. The number of anilines is 1. The predicted molar refractivity (Wildman–Crippen MR) is 101 cm³/mol. The molecule has 3 rings (SSSR count). The summed E-state index contributed by atoms with van der Waals surface area (Å²) in [6.45, 7) is 0. The van der Waals surface area contributed by atoms with Crippen LogP contribution in [0.15, 0.2) is 64.5 Å². The second-order valence-corrected chi connectivity index (χ2v) is 8.45. The first-order chi connectivity index (χ1) is 11.9. The van der Waals surface area contributed by atoms with Crippen LogP contribution >= 0.6 is 15.9 Å². The van der Waals surface area contributed by atoms with Crippen molar-refractivity contribution in [1.29, 1.82) is 0 Å². The smallest absolute Gasteiger partial charge is 0.258 e. The Labute approximate surface area is 155 Å². The summed E-state index contributed by atoms with van der Waals surface area (Å²) in [7, 11) is -1.73. The van der Waals surface area contributed by atoms with Crippen molar-refractivity contribution < 1.29 is 17.9 Å². The Balaban J connectivity index is 2.00. The van der Waals surface area contributed by atoms with Crippen molar-refractivity contribution in [2.45, 2.75) is 6.04 Å². The summed E-state index contributed by atoms with van der Waals surface area (Å²) in [4.78, 5) is 14.6. The molecule has 1 aliphatic rings. The quantitative estimate of drug-likeness (QED) is 0.758. The molecule has 0 N–H and O–H groups in total. The van der Waals surface area contributed by atoms with E-state index < -0.39 is 15.9 Å². The van der Waals surface area contributed by atoms with Gasteiger partial charge in [0.1, 0.15) is 5.75 Å². The van der Waals surface area contributed by atoms with E-state index in [9.17, 15) is 13.2 Å². The highest BCUT2D eigenvalue weighted by molar-refractivity contribution is 9.10. The van der Waals surface area contributed by atoms with Crippen molar-refractivity contribution in [1.82, 2.24) is 0 Å². The minimum Gasteiger partial charge on any atom is -0.497 e. The van der Waals surface area contributed by atoms with Crippen molar-refractivity contribution >= 4 is 37.4 Å². The van der Waals surface area contributed by atoms with Crippen LogP contribution in [0.2, 0.25) is 0 Å². The molecule has 0 radical (unpaired) electrons. The standard InChI is InChI=1S/C18H16BrNO4S/c1-24-17-8-6-15(7-9-17)20(16-10-11-25(22,23)12-16)18(21)13-2-4-14(19)5-3-13/h2-11,16H,12H2,1H3/t16-/m0/s1. The van der Waals surface area contributed by atoms with Gasteiger partial charge in [-0.3, -0.25) is 4.79 Å². The molecular formula is C18H16BrNO4S. The number of sulfone groups is 1. The number of rotatable bonds is 4. The normalized spacial score (nSPS) is 18.1. The molecule has 0 saturated heterocycles. The SMILES string of the molecule is COc1ccc(N(C(=O)c2ccc(Br)cc2)[C@H]2C=CS(=O)(=O)C2)cc1. The molecule has 0 unspecified atom stereocenters. The van der Waals surface area contributed by atoms with Gasteiger partial charge in [-0.2, -0.15) is 0 Å². The number of benzene rings is 2. The van der Waals surface area contributed by atoms with E-state index in [-0.39, 0.29) is 11.7 Å². The van der Waals surface area contributed by atoms with E-state index in [1.165, 1.54) is 10.3 Å². The summed E-state index contributed by atoms with van der Waals surface area (Å²) in [6.07, 6.45) is 1.55. The maximum absolute atomic E-state index is 13.1. The Morgan fingerprint density at radius 2 is 1.76 bits per heavy atom. The van der Waals surface area contributed by atoms with Gasteiger partial charge in [0, 0.05) is 21.1 Å². The topological polar surface area (TPSA) is 63.7 Å². The molecule has 7 heteroatoms. The first-order valence-electron chi connectivity index (χ1n) is 7.54. The van der Waals surface area contributed by atoms with Crippen LogP contribution in [0, 0.1) is 0 Å². The average molecular weight is 422 g/mol. The summed E-state index contributed by atoms with van der Waals surface area (Å²) < 4.78 is 29.7. The second-order valence-electron chi connectivity index (χ2n) is 5.61. The first-order valence-corrected chi connectivity index (χ1v) is 10.0. The predicted octanol–water partition coefficient (Wildman–Crippen LogP) is 3.42. The first kappa shape index (κ1) is 17.7. The Kier molecular flexibility index (Phi) is 4.96. The Morgan fingerprint density at radius 3 is 2.28 bits per heavy atom. The van der Waals surface area contributed by atoms with Gasteiger partial charge in [-0.15, -0.1) is 0 Å². The second kappa shape index (κ2) is 7.01. The molecule has 1 aliphatic heterocycles. The molecule has 0 spiro atoms. The van der Waals surface area contributed by atoms with Gasteiger partial charge >= 0.3 is 0 Å². The fourth-order valence-corrected chi connectivity index (χ4v) is 4.19. The van der Waals surface area contributed by atoms with E-state index in [0.29, 0.717) is 17.0 Å². The van der Waals surface area contributed by atoms with E-state index in [1.54, 1.807) is 61.7 Å². The highest BCUT2D eigenvalue weighted by Gasteiger charge is 2.32. The number of ether oxygens (including phenoxy) is 1. The van der Waals surface area contributed by atoms with E-state index in [0.717, 1.165) is 4.47 Å². The number of amides is 1. The number of carbonyl (C=O) groups is 1. The zero-order chi connectivity index (χ0) is 18.0. The van der Waals surface area contributed by atoms with Crippen molar-refractivity contribution in [3.63, 3.8) is 0 Å². The van der Waals surface area contributed by atoms with Gasteiger partial charge in [0.15, 0.2) is 9.84 Å². The molecular weight excluding hydrogens is 406 g/mol. The van der Waals surface area contributed by atoms with Crippen LogP contribution in [0.4, 0.5) is 5.69 Å². The molecule has 25 heavy (non-hydrogen) atoms. The molecule has 130 valence electrons. The van der Waals surface area contributed by atoms with E-state index in [1.807, 2.05) is 0 Å². The molecule has 1 atom stereocenters. The third-order valence-corrected chi connectivity index (χ3v) is 5.81. The molecule has 1 amide bonds. The van der Waals surface area contributed by atoms with Crippen LogP contribution in [-0.2, 0) is 9.84 Å². The molecule has 1 heterocycles.